The molecular formula is C16H23FN2OS. The van der Waals surface area contributed by atoms with Crippen LogP contribution in [0.1, 0.15) is 31.4 Å². The molecule has 0 spiro atoms. The van der Waals surface area contributed by atoms with E-state index in [9.17, 15) is 4.39 Å². The van der Waals surface area contributed by atoms with Crippen LogP contribution in [0.4, 0.5) is 4.39 Å². The molecule has 1 fully saturated rings. The quantitative estimate of drug-likeness (QED) is 0.896. The Morgan fingerprint density at radius 2 is 2.43 bits per heavy atom. The van der Waals surface area contributed by atoms with Gasteiger partial charge in [0.1, 0.15) is 5.82 Å². The van der Waals surface area contributed by atoms with Crippen molar-refractivity contribution in [1.29, 1.82) is 0 Å². The molecule has 1 aromatic rings. The maximum absolute atomic E-state index is 13.5. The summed E-state index contributed by atoms with van der Waals surface area (Å²) in [5.74, 6) is 0.950. The van der Waals surface area contributed by atoms with Crippen molar-refractivity contribution < 1.29 is 9.13 Å². The maximum Gasteiger partial charge on any atom is 0.123 e. The smallest absolute Gasteiger partial charge is 0.123 e. The Hall–Kier alpha value is -0.620. The Morgan fingerprint density at radius 3 is 3.24 bits per heavy atom. The van der Waals surface area contributed by atoms with Gasteiger partial charge < -0.3 is 15.4 Å². The van der Waals surface area contributed by atoms with Crippen LogP contribution in [-0.4, -0.2) is 37.6 Å². The second-order valence-electron chi connectivity index (χ2n) is 5.90. The number of benzene rings is 1. The van der Waals surface area contributed by atoms with E-state index in [1.165, 1.54) is 4.90 Å². The highest BCUT2D eigenvalue weighted by atomic mass is 32.2. The largest absolute Gasteiger partial charge is 0.379 e. The van der Waals surface area contributed by atoms with Gasteiger partial charge in [-0.25, -0.2) is 4.39 Å². The van der Waals surface area contributed by atoms with Gasteiger partial charge in [-0.3, -0.25) is 0 Å². The van der Waals surface area contributed by atoms with Gasteiger partial charge in [0.2, 0.25) is 0 Å². The van der Waals surface area contributed by atoms with Crippen molar-refractivity contribution in [1.82, 2.24) is 10.6 Å². The number of hydrogen-bond donors (Lipinski definition) is 2. The lowest BCUT2D eigenvalue weighted by atomic mass is 10.0. The lowest BCUT2D eigenvalue weighted by Crippen LogP contribution is -2.45. The average molecular weight is 310 g/mol. The van der Waals surface area contributed by atoms with Crippen LogP contribution in [0.5, 0.6) is 0 Å². The molecule has 3 atom stereocenters. The highest BCUT2D eigenvalue weighted by Gasteiger charge is 2.24. The lowest BCUT2D eigenvalue weighted by Gasteiger charge is -2.31. The number of ether oxygens (including phenoxy) is 1. The molecule has 0 saturated carbocycles. The van der Waals surface area contributed by atoms with E-state index >= 15 is 0 Å². The van der Waals surface area contributed by atoms with E-state index in [1.807, 2.05) is 17.8 Å². The molecule has 1 aromatic carbocycles. The average Bonchev–Trinajstić information content (AvgIpc) is 2.49. The number of morpholine rings is 1. The van der Waals surface area contributed by atoms with E-state index in [2.05, 4.69) is 17.6 Å². The Bertz CT molecular complexity index is 479. The van der Waals surface area contributed by atoms with Crippen molar-refractivity contribution in [3.8, 4) is 0 Å². The number of fused-ring (bicyclic) bond motifs is 1. The van der Waals surface area contributed by atoms with Gasteiger partial charge in [0.15, 0.2) is 0 Å². The molecule has 0 amide bonds. The summed E-state index contributed by atoms with van der Waals surface area (Å²) in [5.41, 5.74) is 1.12. The summed E-state index contributed by atoms with van der Waals surface area (Å²) in [7, 11) is 0. The molecule has 0 aliphatic carbocycles. The van der Waals surface area contributed by atoms with Crippen molar-refractivity contribution in [2.75, 3.05) is 25.5 Å². The summed E-state index contributed by atoms with van der Waals surface area (Å²) in [6.07, 6.45) is 2.09. The molecule has 2 heterocycles. The van der Waals surface area contributed by atoms with Crippen LogP contribution >= 0.6 is 11.8 Å². The van der Waals surface area contributed by atoms with Crippen LogP contribution in [0.25, 0.3) is 0 Å². The molecule has 21 heavy (non-hydrogen) atoms. The molecular weight excluding hydrogens is 287 g/mol. The second-order valence-corrected chi connectivity index (χ2v) is 7.04. The summed E-state index contributed by atoms with van der Waals surface area (Å²) in [4.78, 5) is 1.21. The first kappa shape index (κ1) is 15.3. The summed E-state index contributed by atoms with van der Waals surface area (Å²) < 4.78 is 19.0. The zero-order valence-corrected chi connectivity index (χ0v) is 13.2. The molecule has 3 unspecified atom stereocenters. The SMILES string of the molecule is CC(CC1COCCN1)NC1CCSc2ccc(F)cc21. The number of rotatable bonds is 4. The Morgan fingerprint density at radius 1 is 1.52 bits per heavy atom. The van der Waals surface area contributed by atoms with Crippen LogP contribution in [0.2, 0.25) is 0 Å². The zero-order valence-electron chi connectivity index (χ0n) is 12.4. The minimum Gasteiger partial charge on any atom is -0.379 e. The van der Waals surface area contributed by atoms with Gasteiger partial charge in [0.05, 0.1) is 13.2 Å². The predicted octanol–water partition coefficient (Wildman–Crippen LogP) is 2.72. The first-order valence-corrected chi connectivity index (χ1v) is 8.70. The van der Waals surface area contributed by atoms with Gasteiger partial charge in [-0.05, 0) is 49.3 Å². The third kappa shape index (κ3) is 3.97. The molecule has 3 nitrogen and oxygen atoms in total. The third-order valence-electron chi connectivity index (χ3n) is 4.13. The summed E-state index contributed by atoms with van der Waals surface area (Å²) >= 11 is 1.82. The lowest BCUT2D eigenvalue weighted by molar-refractivity contribution is 0.0707. The van der Waals surface area contributed by atoms with Crippen LogP contribution in [0, 0.1) is 5.82 Å². The molecule has 1 saturated heterocycles. The van der Waals surface area contributed by atoms with Gasteiger partial charge in [0.25, 0.3) is 0 Å². The molecule has 2 aliphatic rings. The predicted molar refractivity (Wildman–Crippen MR) is 84.3 cm³/mol. The van der Waals surface area contributed by atoms with Gasteiger partial charge in [0, 0.05) is 29.6 Å². The van der Waals surface area contributed by atoms with Crippen molar-refractivity contribution in [2.45, 2.75) is 42.8 Å². The normalized spacial score (nSPS) is 27.1. The molecule has 116 valence electrons. The zero-order chi connectivity index (χ0) is 14.7. The maximum atomic E-state index is 13.5. The fraction of sp³-hybridized carbons (Fsp3) is 0.625. The highest BCUT2D eigenvalue weighted by Crippen LogP contribution is 2.36. The monoisotopic (exact) mass is 310 g/mol. The molecule has 0 radical (unpaired) electrons. The summed E-state index contributed by atoms with van der Waals surface area (Å²) in [5, 5.41) is 7.16. The van der Waals surface area contributed by atoms with Crippen LogP contribution < -0.4 is 10.6 Å². The molecule has 2 aliphatic heterocycles. The Balaban J connectivity index is 1.61. The van der Waals surface area contributed by atoms with E-state index in [0.717, 1.165) is 43.9 Å². The van der Waals surface area contributed by atoms with E-state index < -0.39 is 0 Å². The number of thioether (sulfide) groups is 1. The van der Waals surface area contributed by atoms with Crippen LogP contribution in [0.3, 0.4) is 0 Å². The minimum atomic E-state index is -0.141. The van der Waals surface area contributed by atoms with E-state index in [4.69, 9.17) is 4.74 Å². The van der Waals surface area contributed by atoms with Gasteiger partial charge >= 0.3 is 0 Å². The fourth-order valence-corrected chi connectivity index (χ4v) is 4.25. The molecule has 3 rings (SSSR count). The standard InChI is InChI=1S/C16H23FN2OS/c1-11(8-13-10-20-6-5-18-13)19-15-4-7-21-16-3-2-12(17)9-14(15)16/h2-3,9,11,13,15,18-19H,4-8,10H2,1H3. The van der Waals surface area contributed by atoms with Gasteiger partial charge in [-0.2, -0.15) is 0 Å². The molecule has 5 heteroatoms. The molecule has 0 aromatic heterocycles. The van der Waals surface area contributed by atoms with Crippen molar-refractivity contribution in [3.63, 3.8) is 0 Å². The number of hydrogen-bond acceptors (Lipinski definition) is 4. The number of nitrogens with one attached hydrogen (secondary N) is 2. The number of halogens is 1. The molecule has 2 N–H and O–H groups in total. The van der Waals surface area contributed by atoms with Crippen molar-refractivity contribution >= 4 is 11.8 Å². The van der Waals surface area contributed by atoms with E-state index in [0.29, 0.717) is 12.1 Å². The van der Waals surface area contributed by atoms with Crippen molar-refractivity contribution in [2.24, 2.45) is 0 Å². The topological polar surface area (TPSA) is 33.3 Å². The minimum absolute atomic E-state index is 0.141. The summed E-state index contributed by atoms with van der Waals surface area (Å²) in [6.45, 7) is 4.74. The highest BCUT2D eigenvalue weighted by molar-refractivity contribution is 7.99. The first-order chi connectivity index (χ1) is 10.2. The van der Waals surface area contributed by atoms with Crippen molar-refractivity contribution in [3.05, 3.63) is 29.6 Å². The first-order valence-electron chi connectivity index (χ1n) is 7.72. The Kier molecular flexibility index (Phi) is 5.16. The van der Waals surface area contributed by atoms with E-state index in [1.54, 1.807) is 12.1 Å². The van der Waals surface area contributed by atoms with Gasteiger partial charge in [-0.1, -0.05) is 0 Å². The van der Waals surface area contributed by atoms with Crippen LogP contribution in [-0.2, 0) is 4.74 Å². The van der Waals surface area contributed by atoms with Crippen LogP contribution in [0.15, 0.2) is 23.1 Å². The second kappa shape index (κ2) is 7.09. The third-order valence-corrected chi connectivity index (χ3v) is 5.26. The van der Waals surface area contributed by atoms with E-state index in [-0.39, 0.29) is 11.9 Å². The fourth-order valence-electron chi connectivity index (χ4n) is 3.15. The van der Waals surface area contributed by atoms with Gasteiger partial charge in [-0.15, -0.1) is 11.8 Å². The summed E-state index contributed by atoms with van der Waals surface area (Å²) in [6, 6.07) is 6.22. The molecule has 0 bridgehead atoms. The Labute approximate surface area is 130 Å².